The molecule has 0 aliphatic rings. The zero-order chi connectivity index (χ0) is 27.9. The van der Waals surface area contributed by atoms with Gasteiger partial charge in [-0.25, -0.2) is 18.7 Å². The van der Waals surface area contributed by atoms with E-state index in [-0.39, 0.29) is 17.3 Å². The Labute approximate surface area is 231 Å². The number of imidazole rings is 1. The van der Waals surface area contributed by atoms with E-state index in [2.05, 4.69) is 30.5 Å². The van der Waals surface area contributed by atoms with Crippen molar-refractivity contribution in [2.75, 3.05) is 5.32 Å². The van der Waals surface area contributed by atoms with Gasteiger partial charge in [0.05, 0.1) is 17.4 Å². The highest BCUT2D eigenvalue weighted by molar-refractivity contribution is 6.04. The molecule has 198 valence electrons. The largest absolute Gasteiger partial charge is 0.321 e. The van der Waals surface area contributed by atoms with E-state index in [1.165, 1.54) is 24.5 Å². The number of fused-ring (bicyclic) bond motifs is 2. The molecule has 8 nitrogen and oxygen atoms in total. The number of aromatic amines is 2. The van der Waals surface area contributed by atoms with Gasteiger partial charge >= 0.3 is 0 Å². The number of H-pyrrole nitrogens is 2. The lowest BCUT2D eigenvalue weighted by Crippen LogP contribution is -2.11. The predicted molar refractivity (Wildman–Crippen MR) is 152 cm³/mol. The lowest BCUT2D eigenvalue weighted by atomic mass is 10.0. The number of carbonyl (C=O) groups is 1. The van der Waals surface area contributed by atoms with Crippen molar-refractivity contribution in [1.82, 2.24) is 30.1 Å². The molecular formula is C31H19F2N7O. The topological polar surface area (TPSA) is 112 Å². The molecule has 0 saturated heterocycles. The van der Waals surface area contributed by atoms with Crippen LogP contribution in [0.4, 0.5) is 14.5 Å². The number of carbonyl (C=O) groups excluding carboxylic acids is 1. The summed E-state index contributed by atoms with van der Waals surface area (Å²) in [5.74, 6) is -0.771. The van der Waals surface area contributed by atoms with Gasteiger partial charge in [-0.15, -0.1) is 0 Å². The van der Waals surface area contributed by atoms with Crippen LogP contribution >= 0.6 is 0 Å². The molecule has 10 heteroatoms. The molecule has 0 saturated carbocycles. The third kappa shape index (κ3) is 4.37. The molecule has 0 radical (unpaired) electrons. The Morgan fingerprint density at radius 3 is 2.51 bits per heavy atom. The minimum absolute atomic E-state index is 0.268. The summed E-state index contributed by atoms with van der Waals surface area (Å²) in [6, 6.07) is 21.6. The highest BCUT2D eigenvalue weighted by Crippen LogP contribution is 2.34. The van der Waals surface area contributed by atoms with E-state index in [1.807, 2.05) is 6.07 Å². The average molecular weight is 544 g/mol. The van der Waals surface area contributed by atoms with Crippen LogP contribution in [0.3, 0.4) is 0 Å². The van der Waals surface area contributed by atoms with Crippen molar-refractivity contribution in [3.63, 3.8) is 0 Å². The van der Waals surface area contributed by atoms with E-state index in [9.17, 15) is 9.18 Å². The van der Waals surface area contributed by atoms with Gasteiger partial charge in [0.25, 0.3) is 5.91 Å². The Kier molecular flexibility index (Phi) is 5.78. The Morgan fingerprint density at radius 1 is 0.829 bits per heavy atom. The first-order valence-electron chi connectivity index (χ1n) is 12.6. The number of rotatable bonds is 5. The second-order valence-electron chi connectivity index (χ2n) is 9.35. The summed E-state index contributed by atoms with van der Waals surface area (Å²) < 4.78 is 29.9. The first-order valence-corrected chi connectivity index (χ1v) is 12.6. The number of amides is 1. The van der Waals surface area contributed by atoms with Crippen LogP contribution in [0, 0.1) is 11.6 Å². The number of hydrogen-bond donors (Lipinski definition) is 3. The molecule has 41 heavy (non-hydrogen) atoms. The Bertz CT molecular complexity index is 2090. The molecule has 0 unspecified atom stereocenters. The number of pyridine rings is 2. The van der Waals surface area contributed by atoms with E-state index >= 15 is 4.39 Å². The van der Waals surface area contributed by atoms with Gasteiger partial charge in [-0.05, 0) is 36.4 Å². The molecule has 0 spiro atoms. The number of halogens is 2. The van der Waals surface area contributed by atoms with Gasteiger partial charge in [0.15, 0.2) is 11.5 Å². The molecule has 4 aromatic heterocycles. The van der Waals surface area contributed by atoms with Crippen LogP contribution < -0.4 is 5.32 Å². The average Bonchev–Trinajstić information content (AvgIpc) is 3.61. The summed E-state index contributed by atoms with van der Waals surface area (Å²) in [7, 11) is 0. The summed E-state index contributed by atoms with van der Waals surface area (Å²) in [5.41, 5.74) is 4.50. The summed E-state index contributed by atoms with van der Waals surface area (Å²) >= 11 is 0. The maximum atomic E-state index is 15.3. The van der Waals surface area contributed by atoms with Gasteiger partial charge in [0.2, 0.25) is 0 Å². The Balaban J connectivity index is 1.28. The minimum Gasteiger partial charge on any atom is -0.321 e. The maximum absolute atomic E-state index is 15.3. The van der Waals surface area contributed by atoms with Crippen LogP contribution in [0.5, 0.6) is 0 Å². The molecule has 7 aromatic rings. The first kappa shape index (κ1) is 24.3. The third-order valence-corrected chi connectivity index (χ3v) is 6.77. The molecule has 0 bridgehead atoms. The molecule has 0 aliphatic heterocycles. The summed E-state index contributed by atoms with van der Waals surface area (Å²) in [6.45, 7) is 0. The fourth-order valence-corrected chi connectivity index (χ4v) is 4.81. The summed E-state index contributed by atoms with van der Waals surface area (Å²) in [4.78, 5) is 29.0. The Hall–Kier alpha value is -5.77. The zero-order valence-corrected chi connectivity index (χ0v) is 21.2. The molecule has 0 fully saturated rings. The molecular weight excluding hydrogens is 524 g/mol. The van der Waals surface area contributed by atoms with Crippen molar-refractivity contribution in [2.24, 2.45) is 0 Å². The molecule has 3 N–H and O–H groups in total. The number of nitrogens with zero attached hydrogens (tertiary/aromatic N) is 4. The molecule has 0 aliphatic carbocycles. The van der Waals surface area contributed by atoms with Crippen molar-refractivity contribution in [1.29, 1.82) is 0 Å². The molecule has 1 amide bonds. The van der Waals surface area contributed by atoms with E-state index in [1.54, 1.807) is 66.9 Å². The fraction of sp³-hybridized carbons (Fsp3) is 0. The van der Waals surface area contributed by atoms with Gasteiger partial charge < -0.3 is 10.3 Å². The second-order valence-corrected chi connectivity index (χ2v) is 9.35. The summed E-state index contributed by atoms with van der Waals surface area (Å²) in [6.07, 6.45) is 4.60. The highest BCUT2D eigenvalue weighted by Gasteiger charge is 2.19. The van der Waals surface area contributed by atoms with Gasteiger partial charge in [0.1, 0.15) is 22.8 Å². The van der Waals surface area contributed by atoms with Crippen LogP contribution in [-0.2, 0) is 0 Å². The van der Waals surface area contributed by atoms with Crippen molar-refractivity contribution in [2.45, 2.75) is 0 Å². The fourth-order valence-electron chi connectivity index (χ4n) is 4.81. The smallest absolute Gasteiger partial charge is 0.255 e. The van der Waals surface area contributed by atoms with E-state index in [0.717, 1.165) is 0 Å². The van der Waals surface area contributed by atoms with Crippen LogP contribution in [0.1, 0.15) is 10.4 Å². The van der Waals surface area contributed by atoms with Crippen LogP contribution in [0.15, 0.2) is 97.5 Å². The Morgan fingerprint density at radius 2 is 1.66 bits per heavy atom. The highest BCUT2D eigenvalue weighted by atomic mass is 19.1. The molecule has 4 heterocycles. The van der Waals surface area contributed by atoms with Gasteiger partial charge in [-0.1, -0.05) is 36.4 Å². The third-order valence-electron chi connectivity index (χ3n) is 6.77. The van der Waals surface area contributed by atoms with E-state index in [0.29, 0.717) is 61.5 Å². The minimum atomic E-state index is -0.492. The van der Waals surface area contributed by atoms with Crippen molar-refractivity contribution < 1.29 is 13.6 Å². The first-order chi connectivity index (χ1) is 20.0. The number of anilines is 1. The lowest BCUT2D eigenvalue weighted by Gasteiger charge is -2.08. The summed E-state index contributed by atoms with van der Waals surface area (Å²) in [5, 5.41) is 10.7. The van der Waals surface area contributed by atoms with Crippen molar-refractivity contribution in [3.05, 3.63) is 115 Å². The van der Waals surface area contributed by atoms with E-state index in [4.69, 9.17) is 4.98 Å². The predicted octanol–water partition coefficient (Wildman–Crippen LogP) is 6.76. The normalized spacial score (nSPS) is 11.3. The lowest BCUT2D eigenvalue weighted by molar-refractivity contribution is 0.102. The molecule has 3 aromatic carbocycles. The maximum Gasteiger partial charge on any atom is 0.255 e. The van der Waals surface area contributed by atoms with Gasteiger partial charge in [-0.2, -0.15) is 5.10 Å². The molecule has 0 atom stereocenters. The standard InChI is InChI=1S/C31H19F2N7O/c32-24-9-5-4-8-20(24)21-10-11-35-29-27(21)37-30(38-29)28-23-13-22(25(33)14-26(23)39-40-28)18-12-19(16-34-15-18)36-31(41)17-6-2-1-3-7-17/h1-16H,(H,36,41)(H,39,40)(H,35,37,38). The van der Waals surface area contributed by atoms with E-state index < -0.39 is 5.82 Å². The monoisotopic (exact) mass is 543 g/mol. The number of aromatic nitrogens is 6. The van der Waals surface area contributed by atoms with Crippen LogP contribution in [-0.4, -0.2) is 36.0 Å². The number of hydrogen-bond acceptors (Lipinski definition) is 5. The van der Waals surface area contributed by atoms with Gasteiger partial charge in [0, 0.05) is 51.7 Å². The quantitative estimate of drug-likeness (QED) is 0.222. The SMILES string of the molecule is O=C(Nc1cncc(-c2cc3c(-c4nc5c(-c6ccccc6F)ccnc5[nH]4)n[nH]c3cc2F)c1)c1ccccc1. The second kappa shape index (κ2) is 9.76. The van der Waals surface area contributed by atoms with Crippen molar-refractivity contribution >= 4 is 33.7 Å². The molecule has 7 rings (SSSR count). The zero-order valence-electron chi connectivity index (χ0n) is 21.2. The van der Waals surface area contributed by atoms with Gasteiger partial charge in [-0.3, -0.25) is 14.9 Å². The number of benzene rings is 3. The van der Waals surface area contributed by atoms with Crippen LogP contribution in [0.2, 0.25) is 0 Å². The van der Waals surface area contributed by atoms with Crippen molar-refractivity contribution in [3.8, 4) is 33.8 Å². The number of nitrogens with one attached hydrogen (secondary N) is 3. The van der Waals surface area contributed by atoms with Crippen LogP contribution in [0.25, 0.3) is 55.8 Å².